The number of carbonyl (C=O) groups excluding carboxylic acids is 2. The molecule has 14 nitrogen and oxygen atoms in total. The maximum Gasteiger partial charge on any atom is 0.423 e. The molecule has 2 saturated heterocycles. The number of carbonyl (C=O) groups is 2. The number of ether oxygens (including phenoxy) is 1. The van der Waals surface area contributed by atoms with Crippen molar-refractivity contribution in [3.8, 4) is 23.8 Å². The van der Waals surface area contributed by atoms with Crippen LogP contribution < -0.4 is 15.4 Å². The summed E-state index contributed by atoms with van der Waals surface area (Å²) in [5.41, 5.74) is 1.60. The summed E-state index contributed by atoms with van der Waals surface area (Å²) in [4.78, 5) is 36.0. The maximum atomic E-state index is 13.7. The number of rotatable bonds is 12. The first-order valence-corrected chi connectivity index (χ1v) is 20.9. The average molecular weight is 847 g/mol. The average Bonchev–Trinajstić information content (AvgIpc) is 4.05. The van der Waals surface area contributed by atoms with Gasteiger partial charge in [-0.05, 0) is 68.2 Å². The second kappa shape index (κ2) is 19.2. The molecule has 318 valence electrons. The van der Waals surface area contributed by atoms with Crippen LogP contribution in [0.15, 0.2) is 58.7 Å². The summed E-state index contributed by atoms with van der Waals surface area (Å²) in [6.07, 6.45) is 1.89. The number of nitrogens with one attached hydrogen (secondary N) is 2. The number of nitriles is 1. The van der Waals surface area contributed by atoms with E-state index in [0.29, 0.717) is 59.9 Å². The number of amides is 2. The molecule has 1 aromatic heterocycles. The standard InChI is InChI=1S/C42H49F3N10O4S/c1-47-40(57)55(20-5-25-56)37(51-52(2)3)31-8-6-29(7-9-31)30-13-21-53(22-14-30)41(18-19-41)17-12-32-26-35(11-10-33(32)27-46)60(58)54-23-15-34(16-24-54)49-39-48-28-36(42(43,44)45)38(50-39)59-4/h6-11,25-26,28,30,34H,5,13-16,18-24H2,1-4H3,(H,47,57)(H,48,49,50)/b51-37+. The van der Waals surface area contributed by atoms with E-state index < -0.39 is 28.6 Å². The Labute approximate surface area is 350 Å². The molecule has 2 N–H and O–H groups in total. The summed E-state index contributed by atoms with van der Waals surface area (Å²) in [7, 11) is 4.71. The number of amidine groups is 1. The first kappa shape index (κ1) is 44.0. The summed E-state index contributed by atoms with van der Waals surface area (Å²) in [6.45, 7) is 2.84. The molecule has 0 spiro atoms. The number of hydrogen-bond donors (Lipinski definition) is 2. The van der Waals surface area contributed by atoms with Crippen molar-refractivity contribution in [1.29, 1.82) is 5.26 Å². The van der Waals surface area contributed by atoms with Crippen LogP contribution in [0.2, 0.25) is 0 Å². The van der Waals surface area contributed by atoms with Crippen LogP contribution in [0.1, 0.15) is 78.7 Å². The van der Waals surface area contributed by atoms with Crippen molar-refractivity contribution in [3.05, 3.63) is 76.5 Å². The number of hydrogen-bond acceptors (Lipinski definition) is 11. The highest BCUT2D eigenvalue weighted by atomic mass is 32.2. The Kier molecular flexibility index (Phi) is 14.1. The molecule has 1 unspecified atom stereocenters. The molecule has 3 fully saturated rings. The number of aromatic nitrogens is 2. The Morgan fingerprint density at radius 2 is 1.78 bits per heavy atom. The van der Waals surface area contributed by atoms with Crippen molar-refractivity contribution in [2.24, 2.45) is 5.10 Å². The van der Waals surface area contributed by atoms with Crippen LogP contribution in [0.5, 0.6) is 5.88 Å². The normalized spacial score (nSPS) is 18.0. The van der Waals surface area contributed by atoms with Gasteiger partial charge in [-0.2, -0.15) is 28.5 Å². The predicted molar refractivity (Wildman–Crippen MR) is 220 cm³/mol. The lowest BCUT2D eigenvalue weighted by Gasteiger charge is -2.36. The Hall–Kier alpha value is -5.56. The third kappa shape index (κ3) is 10.4. The minimum atomic E-state index is -4.64. The number of halogens is 3. The quantitative estimate of drug-likeness (QED) is 0.0817. The van der Waals surface area contributed by atoms with Gasteiger partial charge >= 0.3 is 12.2 Å². The van der Waals surface area contributed by atoms with E-state index in [1.165, 1.54) is 10.5 Å². The van der Waals surface area contributed by atoms with Gasteiger partial charge in [0.05, 0.1) is 23.1 Å². The van der Waals surface area contributed by atoms with E-state index in [4.69, 9.17) is 4.74 Å². The van der Waals surface area contributed by atoms with Gasteiger partial charge in [-0.15, -0.1) is 0 Å². The fourth-order valence-electron chi connectivity index (χ4n) is 7.56. The van der Waals surface area contributed by atoms with Gasteiger partial charge < -0.3 is 25.2 Å². The second-order valence-corrected chi connectivity index (χ2v) is 16.6. The molecule has 2 amide bonds. The molecule has 6 rings (SSSR count). The highest BCUT2D eigenvalue weighted by molar-refractivity contribution is 7.82. The molecule has 1 aliphatic carbocycles. The minimum absolute atomic E-state index is 0.0281. The number of urea groups is 1. The van der Waals surface area contributed by atoms with Crippen molar-refractivity contribution < 1.29 is 31.7 Å². The monoisotopic (exact) mass is 846 g/mol. The lowest BCUT2D eigenvalue weighted by molar-refractivity contribution is -0.139. The van der Waals surface area contributed by atoms with E-state index in [1.807, 2.05) is 16.4 Å². The summed E-state index contributed by atoms with van der Waals surface area (Å²) in [6, 6.07) is 15.0. The molecule has 3 aromatic rings. The molecular formula is C42H49F3N10O4S. The van der Waals surface area contributed by atoms with Crippen molar-refractivity contribution in [1.82, 2.24) is 34.4 Å². The summed E-state index contributed by atoms with van der Waals surface area (Å²) in [5.74, 6) is 7.06. The van der Waals surface area contributed by atoms with Gasteiger partial charge in [0.25, 0.3) is 0 Å². The third-order valence-electron chi connectivity index (χ3n) is 11.0. The smallest absolute Gasteiger partial charge is 0.423 e. The number of piperidine rings is 2. The zero-order valence-electron chi connectivity index (χ0n) is 34.1. The first-order valence-electron chi connectivity index (χ1n) is 19.8. The molecule has 60 heavy (non-hydrogen) atoms. The summed E-state index contributed by atoms with van der Waals surface area (Å²) >= 11 is 0. The molecular weight excluding hydrogens is 798 g/mol. The number of methoxy groups -OCH3 is 1. The summed E-state index contributed by atoms with van der Waals surface area (Å²) < 4.78 is 60.1. The van der Waals surface area contributed by atoms with E-state index in [9.17, 15) is 32.2 Å². The number of hydrazone groups is 1. The molecule has 2 aliphatic heterocycles. The molecule has 0 radical (unpaired) electrons. The lowest BCUT2D eigenvalue weighted by atomic mass is 9.88. The van der Waals surface area contributed by atoms with Crippen molar-refractivity contribution in [3.63, 3.8) is 0 Å². The van der Waals surface area contributed by atoms with E-state index in [0.717, 1.165) is 57.7 Å². The van der Waals surface area contributed by atoms with Crippen molar-refractivity contribution in [2.75, 3.05) is 66.3 Å². The number of likely N-dealkylation sites (tertiary alicyclic amines) is 1. The van der Waals surface area contributed by atoms with Gasteiger partial charge in [0.2, 0.25) is 11.8 Å². The van der Waals surface area contributed by atoms with Gasteiger partial charge in [0, 0.05) is 83.7 Å². The van der Waals surface area contributed by atoms with Crippen LogP contribution in [0.25, 0.3) is 0 Å². The van der Waals surface area contributed by atoms with Gasteiger partial charge in [-0.3, -0.25) is 9.80 Å². The second-order valence-electron chi connectivity index (χ2n) is 15.1. The molecule has 0 bridgehead atoms. The van der Waals surface area contributed by atoms with Crippen LogP contribution in [0, 0.1) is 23.2 Å². The van der Waals surface area contributed by atoms with Crippen LogP contribution in [-0.4, -0.2) is 124 Å². The number of alkyl halides is 3. The van der Waals surface area contributed by atoms with E-state index >= 15 is 0 Å². The SMILES string of the molecule is CNC(=O)N(CCC=O)/C(=N/N(C)C)c1ccc(C2CCN(C3(C#Cc4cc(S(=O)N5CCC(Nc6ncc(C(F)(F)F)c(OC)n6)CC5)ccc4C#N)CC3)CC2)cc1. The maximum absolute atomic E-state index is 13.7. The fourth-order valence-corrected chi connectivity index (χ4v) is 8.80. The molecule has 1 atom stereocenters. The fraction of sp³-hybridized carbons (Fsp3) is 0.476. The van der Waals surface area contributed by atoms with Gasteiger partial charge in [-0.25, -0.2) is 18.3 Å². The van der Waals surface area contributed by atoms with E-state index in [-0.39, 0.29) is 36.5 Å². The van der Waals surface area contributed by atoms with Crippen LogP contribution in [0.3, 0.4) is 0 Å². The molecule has 18 heteroatoms. The Morgan fingerprint density at radius 3 is 2.37 bits per heavy atom. The minimum Gasteiger partial charge on any atom is -0.480 e. The van der Waals surface area contributed by atoms with E-state index in [1.54, 1.807) is 44.4 Å². The number of nitrogens with zero attached hydrogens (tertiary/aromatic N) is 8. The topological polar surface area (TPSA) is 159 Å². The molecule has 3 aliphatic rings. The Morgan fingerprint density at radius 1 is 1.08 bits per heavy atom. The number of benzene rings is 2. The Balaban J connectivity index is 1.06. The Bertz CT molecular complexity index is 2180. The molecule has 3 heterocycles. The van der Waals surface area contributed by atoms with Crippen molar-refractivity contribution >= 4 is 35.1 Å². The first-order chi connectivity index (χ1) is 28.8. The molecule has 1 saturated carbocycles. The zero-order chi connectivity index (χ0) is 43.0. The summed E-state index contributed by atoms with van der Waals surface area (Å²) in [5, 5.41) is 21.8. The number of anilines is 1. The van der Waals surface area contributed by atoms with Crippen molar-refractivity contribution in [2.45, 2.75) is 73.5 Å². The highest BCUT2D eigenvalue weighted by Crippen LogP contribution is 2.44. The van der Waals surface area contributed by atoms with Crippen LogP contribution in [0.4, 0.5) is 23.9 Å². The van der Waals surface area contributed by atoms with Gasteiger partial charge in [0.15, 0.2) is 5.84 Å². The van der Waals surface area contributed by atoms with Gasteiger partial charge in [-0.1, -0.05) is 36.1 Å². The largest absolute Gasteiger partial charge is 0.480 e. The van der Waals surface area contributed by atoms with E-state index in [2.05, 4.69) is 60.6 Å². The molecule has 2 aromatic carbocycles. The van der Waals surface area contributed by atoms with Crippen LogP contribution >= 0.6 is 0 Å². The third-order valence-corrected chi connectivity index (χ3v) is 12.5. The predicted octanol–water partition coefficient (Wildman–Crippen LogP) is 5.19. The number of aldehydes is 1. The van der Waals surface area contributed by atoms with Gasteiger partial charge in [0.1, 0.15) is 28.9 Å². The highest BCUT2D eigenvalue weighted by Gasteiger charge is 2.47. The van der Waals surface area contributed by atoms with Crippen LogP contribution in [-0.2, 0) is 22.0 Å². The lowest BCUT2D eigenvalue weighted by Crippen LogP contribution is -2.44. The zero-order valence-corrected chi connectivity index (χ0v) is 34.9.